The maximum absolute atomic E-state index is 10.2. The molecule has 0 saturated carbocycles. The summed E-state index contributed by atoms with van der Waals surface area (Å²) >= 11 is 0. The van der Waals surface area contributed by atoms with Crippen molar-refractivity contribution >= 4 is 40.0 Å². The molecule has 0 rings (SSSR count). The Hall–Kier alpha value is 1.61. The van der Waals surface area contributed by atoms with E-state index in [-0.39, 0.29) is 58.5 Å². The molecule has 0 amide bonds. The molecular formula is C12H27AgNaO4S. The fraction of sp³-hybridized carbons (Fsp3) is 1.00. The Morgan fingerprint density at radius 2 is 1.21 bits per heavy atom. The van der Waals surface area contributed by atoms with E-state index in [1.54, 1.807) is 0 Å². The van der Waals surface area contributed by atoms with E-state index < -0.39 is 10.4 Å². The molecule has 0 aliphatic heterocycles. The predicted octanol–water partition coefficient (Wildman–Crippen LogP) is 3.08. The SMILES string of the molecule is CCCCCCCCCCCCOS(=O)(=O)O.[Ag].[NaH]. The molecule has 19 heavy (non-hydrogen) atoms. The third kappa shape index (κ3) is 25.0. The summed E-state index contributed by atoms with van der Waals surface area (Å²) < 4.78 is 33.0. The molecule has 117 valence electrons. The minimum absolute atomic E-state index is 0. The third-order valence-electron chi connectivity index (χ3n) is 2.73. The van der Waals surface area contributed by atoms with E-state index in [1.807, 2.05) is 0 Å². The van der Waals surface area contributed by atoms with Crippen LogP contribution >= 0.6 is 0 Å². The summed E-state index contributed by atoms with van der Waals surface area (Å²) in [6.45, 7) is 2.31. The first-order chi connectivity index (χ1) is 8.06. The first-order valence-corrected chi connectivity index (χ1v) is 8.04. The molecule has 0 bridgehead atoms. The molecule has 0 atom stereocenters. The summed E-state index contributed by atoms with van der Waals surface area (Å²) in [6, 6.07) is 0. The first-order valence-electron chi connectivity index (χ1n) is 6.68. The van der Waals surface area contributed by atoms with E-state index in [2.05, 4.69) is 11.1 Å². The standard InChI is InChI=1S/C12H26O4S.Ag.Na.H/c1-2-3-4-5-6-7-8-9-10-11-12-16-17(13,14)15;;;/h2-12H2,1H3,(H,13,14,15);;;. The zero-order valence-corrected chi connectivity index (χ0v) is 13.5. The second-order valence-electron chi connectivity index (χ2n) is 4.43. The van der Waals surface area contributed by atoms with Gasteiger partial charge in [0.15, 0.2) is 0 Å². The summed E-state index contributed by atoms with van der Waals surface area (Å²) in [5.41, 5.74) is 0. The molecule has 0 heterocycles. The average Bonchev–Trinajstić information content (AvgIpc) is 2.24. The van der Waals surface area contributed by atoms with Gasteiger partial charge in [-0.2, -0.15) is 8.42 Å². The fourth-order valence-electron chi connectivity index (χ4n) is 1.75. The second-order valence-corrected chi connectivity index (χ2v) is 5.52. The summed E-state index contributed by atoms with van der Waals surface area (Å²) in [6.07, 6.45) is 11.9. The van der Waals surface area contributed by atoms with Gasteiger partial charge < -0.3 is 0 Å². The Morgan fingerprint density at radius 3 is 1.58 bits per heavy atom. The van der Waals surface area contributed by atoms with Crippen LogP contribution in [0.15, 0.2) is 0 Å². The van der Waals surface area contributed by atoms with E-state index >= 15 is 0 Å². The van der Waals surface area contributed by atoms with E-state index in [0.717, 1.165) is 12.8 Å². The van der Waals surface area contributed by atoms with Crippen LogP contribution in [0, 0.1) is 0 Å². The van der Waals surface area contributed by atoms with Crippen LogP contribution in [0.4, 0.5) is 0 Å². The van der Waals surface area contributed by atoms with Crippen LogP contribution in [-0.4, -0.2) is 49.1 Å². The minimum atomic E-state index is -4.23. The molecule has 0 aliphatic rings. The van der Waals surface area contributed by atoms with Crippen molar-refractivity contribution in [2.75, 3.05) is 6.61 Å². The molecule has 7 heteroatoms. The maximum atomic E-state index is 10.2. The number of unbranched alkanes of at least 4 members (excludes halogenated alkanes) is 9. The van der Waals surface area contributed by atoms with Gasteiger partial charge in [-0.15, -0.1) is 0 Å². The molecule has 0 aliphatic carbocycles. The first kappa shape index (κ1) is 25.6. The van der Waals surface area contributed by atoms with Crippen LogP contribution < -0.4 is 0 Å². The molecule has 0 aromatic heterocycles. The molecule has 0 unspecified atom stereocenters. The van der Waals surface area contributed by atoms with Gasteiger partial charge in [0.1, 0.15) is 0 Å². The van der Waals surface area contributed by atoms with Crippen LogP contribution in [0.2, 0.25) is 0 Å². The van der Waals surface area contributed by atoms with Gasteiger partial charge in [-0.25, -0.2) is 4.18 Å². The molecule has 4 nitrogen and oxygen atoms in total. The van der Waals surface area contributed by atoms with Crippen molar-refractivity contribution in [1.29, 1.82) is 0 Å². The van der Waals surface area contributed by atoms with Crippen LogP contribution in [0.25, 0.3) is 0 Å². The van der Waals surface area contributed by atoms with Crippen molar-refractivity contribution in [2.45, 2.75) is 71.1 Å². The topological polar surface area (TPSA) is 63.6 Å². The van der Waals surface area contributed by atoms with Gasteiger partial charge in [0.25, 0.3) is 0 Å². The Bertz CT molecular complexity index is 260. The Morgan fingerprint density at radius 1 is 0.842 bits per heavy atom. The van der Waals surface area contributed by atoms with Gasteiger partial charge in [-0.3, -0.25) is 4.55 Å². The van der Waals surface area contributed by atoms with Gasteiger partial charge in [0.05, 0.1) is 6.61 Å². The van der Waals surface area contributed by atoms with Crippen LogP contribution in [0.5, 0.6) is 0 Å². The summed E-state index contributed by atoms with van der Waals surface area (Å²) in [5, 5.41) is 0. The van der Waals surface area contributed by atoms with Crippen molar-refractivity contribution in [2.24, 2.45) is 0 Å². The van der Waals surface area contributed by atoms with Crippen LogP contribution in [-0.2, 0) is 37.0 Å². The Balaban J connectivity index is -0.00000128. The second kappa shape index (κ2) is 17.7. The quantitative estimate of drug-likeness (QED) is 0.312. The van der Waals surface area contributed by atoms with Gasteiger partial charge in [-0.1, -0.05) is 64.7 Å². The summed E-state index contributed by atoms with van der Waals surface area (Å²) in [4.78, 5) is 0. The number of hydrogen-bond acceptors (Lipinski definition) is 3. The zero-order valence-electron chi connectivity index (χ0n) is 11.2. The molecule has 0 fully saturated rings. The molecule has 0 saturated heterocycles. The number of hydrogen-bond donors (Lipinski definition) is 1. The normalized spacial score (nSPS) is 10.6. The van der Waals surface area contributed by atoms with E-state index in [1.165, 1.54) is 44.9 Å². The van der Waals surface area contributed by atoms with Crippen molar-refractivity contribution in [3.8, 4) is 0 Å². The summed E-state index contributed by atoms with van der Waals surface area (Å²) in [7, 11) is -4.23. The zero-order chi connectivity index (χ0) is 13.0. The van der Waals surface area contributed by atoms with Crippen LogP contribution in [0.1, 0.15) is 71.1 Å². The van der Waals surface area contributed by atoms with E-state index in [9.17, 15) is 8.42 Å². The van der Waals surface area contributed by atoms with Crippen molar-refractivity contribution in [1.82, 2.24) is 0 Å². The molecule has 0 aromatic carbocycles. The van der Waals surface area contributed by atoms with Gasteiger partial charge in [0, 0.05) is 22.4 Å². The van der Waals surface area contributed by atoms with Gasteiger partial charge in [-0.05, 0) is 6.42 Å². The molecule has 0 spiro atoms. The monoisotopic (exact) mass is 397 g/mol. The predicted molar refractivity (Wildman–Crippen MR) is 76.5 cm³/mol. The average molecular weight is 398 g/mol. The van der Waals surface area contributed by atoms with Crippen molar-refractivity contribution < 1.29 is 39.5 Å². The van der Waals surface area contributed by atoms with Crippen LogP contribution in [0.3, 0.4) is 0 Å². The van der Waals surface area contributed by atoms with Gasteiger partial charge >= 0.3 is 40.0 Å². The summed E-state index contributed by atoms with van der Waals surface area (Å²) in [5.74, 6) is 0. The van der Waals surface area contributed by atoms with Crippen molar-refractivity contribution in [3.63, 3.8) is 0 Å². The Labute approximate surface area is 156 Å². The third-order valence-corrected chi connectivity index (χ3v) is 3.19. The van der Waals surface area contributed by atoms with E-state index in [4.69, 9.17) is 4.55 Å². The Kier molecular flexibility index (Phi) is 23.8. The van der Waals surface area contributed by atoms with E-state index in [0.29, 0.717) is 6.42 Å². The molecule has 1 N–H and O–H groups in total. The van der Waals surface area contributed by atoms with Crippen molar-refractivity contribution in [3.05, 3.63) is 0 Å². The number of rotatable bonds is 12. The van der Waals surface area contributed by atoms with Gasteiger partial charge in [0.2, 0.25) is 0 Å². The molecular weight excluding hydrogens is 371 g/mol. The molecule has 1 radical (unpaired) electrons. The molecule has 0 aromatic rings. The fourth-order valence-corrected chi connectivity index (χ4v) is 2.08.